The summed E-state index contributed by atoms with van der Waals surface area (Å²) in [6.07, 6.45) is 6.10. The number of pyridine rings is 1. The average molecular weight is 233 g/mol. The number of carbonyl (C=O) groups excluding carboxylic acids is 1. The molecule has 1 aliphatic carbocycles. The van der Waals surface area contributed by atoms with E-state index in [0.717, 1.165) is 19.3 Å². The smallest absolute Gasteiger partial charge is 0.269 e. The number of nitrogens with two attached hydrogens (primary N) is 1. The minimum Gasteiger partial charge on any atom is -0.350 e. The number of hydrogen-bond acceptors (Lipinski definition) is 3. The van der Waals surface area contributed by atoms with Crippen molar-refractivity contribution in [3.63, 3.8) is 0 Å². The zero-order chi connectivity index (χ0) is 12.1. The lowest BCUT2D eigenvalue weighted by Crippen LogP contribution is -2.35. The maximum Gasteiger partial charge on any atom is 0.269 e. The first-order valence-corrected chi connectivity index (χ1v) is 6.20. The number of amides is 1. The van der Waals surface area contributed by atoms with E-state index in [2.05, 4.69) is 10.3 Å². The molecule has 2 rings (SSSR count). The normalized spacial score (nSPS) is 24.3. The van der Waals surface area contributed by atoms with Gasteiger partial charge in [0.25, 0.3) is 5.91 Å². The van der Waals surface area contributed by atoms with Gasteiger partial charge in [0, 0.05) is 18.8 Å². The van der Waals surface area contributed by atoms with Crippen molar-refractivity contribution in [3.8, 4) is 0 Å². The zero-order valence-electron chi connectivity index (χ0n) is 9.93. The second-order valence-corrected chi connectivity index (χ2v) is 4.72. The molecule has 92 valence electrons. The summed E-state index contributed by atoms with van der Waals surface area (Å²) in [6, 6.07) is 5.65. The lowest BCUT2D eigenvalue weighted by molar-refractivity contribution is 0.0937. The van der Waals surface area contributed by atoms with Crippen LogP contribution in [0.2, 0.25) is 0 Å². The molecule has 4 nitrogen and oxygen atoms in total. The summed E-state index contributed by atoms with van der Waals surface area (Å²) in [5, 5.41) is 2.93. The highest BCUT2D eigenvalue weighted by Gasteiger charge is 2.19. The molecule has 3 N–H and O–H groups in total. The molecule has 0 spiro atoms. The molecule has 2 atom stereocenters. The maximum atomic E-state index is 11.8. The van der Waals surface area contributed by atoms with Gasteiger partial charge in [-0.25, -0.2) is 0 Å². The first kappa shape index (κ1) is 12.0. The predicted octanol–water partition coefficient (Wildman–Crippen LogP) is 1.33. The highest BCUT2D eigenvalue weighted by atomic mass is 16.1. The average Bonchev–Trinajstić information content (AvgIpc) is 2.37. The summed E-state index contributed by atoms with van der Waals surface area (Å²) in [4.78, 5) is 15.8. The van der Waals surface area contributed by atoms with Crippen molar-refractivity contribution in [3.05, 3.63) is 30.1 Å². The van der Waals surface area contributed by atoms with Crippen LogP contribution in [-0.4, -0.2) is 23.5 Å². The van der Waals surface area contributed by atoms with Crippen molar-refractivity contribution < 1.29 is 4.79 Å². The van der Waals surface area contributed by atoms with E-state index in [-0.39, 0.29) is 5.91 Å². The molecular formula is C13H19N3O. The van der Waals surface area contributed by atoms with E-state index in [0.29, 0.717) is 24.2 Å². The minimum absolute atomic E-state index is 0.0928. The quantitative estimate of drug-likeness (QED) is 0.827. The Bertz CT molecular complexity index is 366. The largest absolute Gasteiger partial charge is 0.350 e. The van der Waals surface area contributed by atoms with E-state index in [9.17, 15) is 4.79 Å². The number of hydrogen-bond donors (Lipinski definition) is 2. The third-order valence-electron chi connectivity index (χ3n) is 3.27. The summed E-state index contributed by atoms with van der Waals surface area (Å²) in [5.74, 6) is 0.427. The van der Waals surface area contributed by atoms with Crippen molar-refractivity contribution in [1.82, 2.24) is 10.3 Å². The van der Waals surface area contributed by atoms with Crippen LogP contribution in [0.1, 0.15) is 36.2 Å². The minimum atomic E-state index is -0.0928. The third-order valence-corrected chi connectivity index (χ3v) is 3.27. The molecule has 1 fully saturated rings. The van der Waals surface area contributed by atoms with Crippen LogP contribution in [-0.2, 0) is 0 Å². The Labute approximate surface area is 102 Å². The van der Waals surface area contributed by atoms with Gasteiger partial charge in [-0.15, -0.1) is 0 Å². The van der Waals surface area contributed by atoms with E-state index in [1.165, 1.54) is 6.42 Å². The van der Waals surface area contributed by atoms with Crippen LogP contribution >= 0.6 is 0 Å². The monoisotopic (exact) mass is 233 g/mol. The van der Waals surface area contributed by atoms with E-state index in [1.54, 1.807) is 18.3 Å². The van der Waals surface area contributed by atoms with Gasteiger partial charge in [-0.3, -0.25) is 9.78 Å². The summed E-state index contributed by atoms with van der Waals surface area (Å²) >= 11 is 0. The molecule has 1 saturated carbocycles. The fourth-order valence-corrected chi connectivity index (χ4v) is 2.34. The van der Waals surface area contributed by atoms with Crippen LogP contribution in [0.4, 0.5) is 0 Å². The second-order valence-electron chi connectivity index (χ2n) is 4.72. The van der Waals surface area contributed by atoms with Crippen LogP contribution in [0.15, 0.2) is 24.4 Å². The van der Waals surface area contributed by atoms with Gasteiger partial charge in [0.15, 0.2) is 0 Å². The Balaban J connectivity index is 1.80. The van der Waals surface area contributed by atoms with Crippen LogP contribution in [0.3, 0.4) is 0 Å². The van der Waals surface area contributed by atoms with Gasteiger partial charge < -0.3 is 11.1 Å². The Morgan fingerprint density at radius 2 is 2.35 bits per heavy atom. The fraction of sp³-hybridized carbons (Fsp3) is 0.538. The Kier molecular flexibility index (Phi) is 4.09. The molecule has 0 bridgehead atoms. The number of rotatable bonds is 3. The molecule has 1 aromatic heterocycles. The van der Waals surface area contributed by atoms with Crippen molar-refractivity contribution >= 4 is 5.91 Å². The van der Waals surface area contributed by atoms with Gasteiger partial charge in [0.05, 0.1) is 0 Å². The number of carbonyl (C=O) groups is 1. The number of aromatic nitrogens is 1. The van der Waals surface area contributed by atoms with Crippen molar-refractivity contribution in [1.29, 1.82) is 0 Å². The van der Waals surface area contributed by atoms with Crippen LogP contribution in [0.25, 0.3) is 0 Å². The molecule has 1 aromatic rings. The Hall–Kier alpha value is -1.42. The first-order valence-electron chi connectivity index (χ1n) is 6.20. The lowest BCUT2D eigenvalue weighted by atomic mass is 9.86. The topological polar surface area (TPSA) is 68.0 Å². The van der Waals surface area contributed by atoms with Gasteiger partial charge in [-0.05, 0) is 37.3 Å². The van der Waals surface area contributed by atoms with Gasteiger partial charge in [0.2, 0.25) is 0 Å². The van der Waals surface area contributed by atoms with Crippen LogP contribution < -0.4 is 11.1 Å². The molecule has 1 heterocycles. The van der Waals surface area contributed by atoms with Crippen molar-refractivity contribution in [2.45, 2.75) is 31.7 Å². The van der Waals surface area contributed by atoms with E-state index >= 15 is 0 Å². The van der Waals surface area contributed by atoms with Gasteiger partial charge in [-0.2, -0.15) is 0 Å². The van der Waals surface area contributed by atoms with Crippen molar-refractivity contribution in [2.75, 3.05) is 6.54 Å². The molecule has 0 aromatic carbocycles. The highest BCUT2D eigenvalue weighted by molar-refractivity contribution is 5.92. The maximum absolute atomic E-state index is 11.8. The SMILES string of the molecule is NC1CCCC(CNC(=O)c2ccccn2)C1. The Morgan fingerprint density at radius 3 is 3.06 bits per heavy atom. The standard InChI is InChI=1S/C13H19N3O/c14-11-5-3-4-10(8-11)9-16-13(17)12-6-1-2-7-15-12/h1-2,6-7,10-11H,3-5,8-9,14H2,(H,16,17). The van der Waals surface area contributed by atoms with Gasteiger partial charge >= 0.3 is 0 Å². The molecule has 0 saturated heterocycles. The molecule has 0 radical (unpaired) electrons. The summed E-state index contributed by atoms with van der Waals surface area (Å²) in [7, 11) is 0. The molecule has 2 unspecified atom stereocenters. The summed E-state index contributed by atoms with van der Waals surface area (Å²) in [5.41, 5.74) is 6.40. The molecule has 17 heavy (non-hydrogen) atoms. The highest BCUT2D eigenvalue weighted by Crippen LogP contribution is 2.22. The second kappa shape index (κ2) is 5.77. The van der Waals surface area contributed by atoms with Crippen molar-refractivity contribution in [2.24, 2.45) is 11.7 Å². The van der Waals surface area contributed by atoms with Gasteiger partial charge in [0.1, 0.15) is 5.69 Å². The molecule has 1 amide bonds. The molecular weight excluding hydrogens is 214 g/mol. The third kappa shape index (κ3) is 3.53. The van der Waals surface area contributed by atoms with Gasteiger partial charge in [-0.1, -0.05) is 12.5 Å². The zero-order valence-corrected chi connectivity index (χ0v) is 9.93. The number of nitrogens with zero attached hydrogens (tertiary/aromatic N) is 1. The molecule has 1 aliphatic rings. The van der Waals surface area contributed by atoms with Crippen LogP contribution in [0, 0.1) is 5.92 Å². The van der Waals surface area contributed by atoms with Crippen LogP contribution in [0.5, 0.6) is 0 Å². The van der Waals surface area contributed by atoms with E-state index in [1.807, 2.05) is 6.07 Å². The molecule has 0 aliphatic heterocycles. The lowest BCUT2D eigenvalue weighted by Gasteiger charge is -2.26. The predicted molar refractivity (Wildman–Crippen MR) is 66.5 cm³/mol. The molecule has 4 heteroatoms. The van der Waals surface area contributed by atoms with E-state index < -0.39 is 0 Å². The fourth-order valence-electron chi connectivity index (χ4n) is 2.34. The Morgan fingerprint density at radius 1 is 1.47 bits per heavy atom. The first-order chi connectivity index (χ1) is 8.25. The number of nitrogens with one attached hydrogen (secondary N) is 1. The summed E-state index contributed by atoms with van der Waals surface area (Å²) < 4.78 is 0. The van der Waals surface area contributed by atoms with E-state index in [4.69, 9.17) is 5.73 Å². The summed E-state index contributed by atoms with van der Waals surface area (Å²) in [6.45, 7) is 0.711.